The number of methoxy groups -OCH3 is 1. The lowest BCUT2D eigenvalue weighted by molar-refractivity contribution is -0.116. The minimum absolute atomic E-state index is 0.0326. The van der Waals surface area contributed by atoms with E-state index in [0.29, 0.717) is 17.1 Å². The summed E-state index contributed by atoms with van der Waals surface area (Å²) in [6.45, 7) is 0.0326. The van der Waals surface area contributed by atoms with Gasteiger partial charge in [-0.1, -0.05) is 18.2 Å². The molecule has 3 aromatic rings. The lowest BCUT2D eigenvalue weighted by Gasteiger charge is -2.15. The quantitative estimate of drug-likeness (QED) is 0.613. The number of carbonyl (C=O) groups is 1. The van der Waals surface area contributed by atoms with Gasteiger partial charge in [-0.25, -0.2) is 4.39 Å². The molecule has 1 aromatic heterocycles. The number of halogens is 1. The number of nitrogens with zero attached hydrogens (tertiary/aromatic N) is 1. The number of hydrogen-bond donors (Lipinski definition) is 1. The van der Waals surface area contributed by atoms with Crippen LogP contribution >= 0.6 is 11.8 Å². The maximum Gasteiger partial charge on any atom is 0.244 e. The molecule has 0 fully saturated rings. The zero-order valence-corrected chi connectivity index (χ0v) is 16.0. The summed E-state index contributed by atoms with van der Waals surface area (Å²) in [4.78, 5) is 25.5. The Hall–Kier alpha value is -3.06. The first kappa shape index (κ1) is 19.7. The summed E-state index contributed by atoms with van der Waals surface area (Å²) in [5.41, 5.74) is 1.11. The molecule has 1 N–H and O–H groups in total. The third-order valence-corrected chi connectivity index (χ3v) is 5.02. The van der Waals surface area contributed by atoms with Gasteiger partial charge in [-0.3, -0.25) is 9.59 Å². The Morgan fingerprint density at radius 2 is 1.86 bits per heavy atom. The minimum atomic E-state index is -0.303. The molecule has 144 valence electrons. The molecule has 0 saturated carbocycles. The highest BCUT2D eigenvalue weighted by Crippen LogP contribution is 2.23. The van der Waals surface area contributed by atoms with Crippen LogP contribution in [0.3, 0.4) is 0 Å². The van der Waals surface area contributed by atoms with Crippen molar-refractivity contribution < 1.29 is 13.9 Å². The van der Waals surface area contributed by atoms with E-state index in [1.165, 1.54) is 43.3 Å². The van der Waals surface area contributed by atoms with Crippen LogP contribution in [0, 0.1) is 5.82 Å². The van der Waals surface area contributed by atoms with Gasteiger partial charge >= 0.3 is 0 Å². The lowest BCUT2D eigenvalue weighted by Crippen LogP contribution is -2.22. The van der Waals surface area contributed by atoms with Crippen LogP contribution in [-0.4, -0.2) is 17.6 Å². The molecule has 5 nitrogen and oxygen atoms in total. The molecule has 1 amide bonds. The number of nitrogens with one attached hydrogen (secondary N) is 1. The van der Waals surface area contributed by atoms with Crippen molar-refractivity contribution in [3.8, 4) is 5.75 Å². The zero-order chi connectivity index (χ0) is 19.9. The molecule has 2 aromatic carbocycles. The van der Waals surface area contributed by atoms with Gasteiger partial charge in [-0.2, -0.15) is 0 Å². The van der Waals surface area contributed by atoms with E-state index in [9.17, 15) is 14.0 Å². The van der Waals surface area contributed by atoms with Gasteiger partial charge in [0, 0.05) is 28.1 Å². The SMILES string of the molecule is COc1cn(CC(=O)Nc2ccccc2)c(CSc2ccc(F)cc2)cc1=O. The summed E-state index contributed by atoms with van der Waals surface area (Å²) in [6.07, 6.45) is 1.54. The van der Waals surface area contributed by atoms with E-state index in [-0.39, 0.29) is 29.4 Å². The molecule has 28 heavy (non-hydrogen) atoms. The molecule has 0 atom stereocenters. The third-order valence-electron chi connectivity index (χ3n) is 3.97. The van der Waals surface area contributed by atoms with Crippen molar-refractivity contribution in [3.63, 3.8) is 0 Å². The Morgan fingerprint density at radius 1 is 1.14 bits per heavy atom. The normalized spacial score (nSPS) is 10.5. The van der Waals surface area contributed by atoms with E-state index in [1.54, 1.807) is 28.8 Å². The van der Waals surface area contributed by atoms with Crippen LogP contribution in [0.25, 0.3) is 0 Å². The lowest BCUT2D eigenvalue weighted by atomic mass is 10.3. The van der Waals surface area contributed by atoms with E-state index >= 15 is 0 Å². The Labute approximate surface area is 166 Å². The summed E-state index contributed by atoms with van der Waals surface area (Å²) in [5, 5.41) is 2.82. The summed E-state index contributed by atoms with van der Waals surface area (Å²) < 4.78 is 19.9. The Kier molecular flexibility index (Phi) is 6.49. The standard InChI is InChI=1S/C21H19FN2O3S/c1-27-20-12-24(13-21(26)23-16-5-3-2-4-6-16)17(11-19(20)25)14-28-18-9-7-15(22)8-10-18/h2-12H,13-14H2,1H3,(H,23,26). The number of benzene rings is 2. The van der Waals surface area contributed by atoms with Crippen molar-refractivity contribution in [2.24, 2.45) is 0 Å². The molecule has 7 heteroatoms. The van der Waals surface area contributed by atoms with Crippen LogP contribution < -0.4 is 15.5 Å². The molecule has 0 aliphatic rings. The fourth-order valence-electron chi connectivity index (χ4n) is 2.58. The summed E-state index contributed by atoms with van der Waals surface area (Å²) in [5.74, 6) is 0.0972. The van der Waals surface area contributed by atoms with Gasteiger partial charge in [-0.15, -0.1) is 11.8 Å². The predicted octanol–water partition coefficient (Wildman–Crippen LogP) is 3.93. The van der Waals surface area contributed by atoms with Gasteiger partial charge in [-0.05, 0) is 36.4 Å². The Morgan fingerprint density at radius 3 is 2.54 bits per heavy atom. The molecule has 0 spiro atoms. The molecule has 0 unspecified atom stereocenters. The summed E-state index contributed by atoms with van der Waals surface area (Å²) >= 11 is 1.45. The van der Waals surface area contributed by atoms with E-state index in [1.807, 2.05) is 18.2 Å². The van der Waals surface area contributed by atoms with Crippen molar-refractivity contribution >= 4 is 23.4 Å². The number of carbonyl (C=O) groups excluding carboxylic acids is 1. The van der Waals surface area contributed by atoms with Gasteiger partial charge in [0.25, 0.3) is 0 Å². The fourth-order valence-corrected chi connectivity index (χ4v) is 3.48. The molecule has 3 rings (SSSR count). The van der Waals surface area contributed by atoms with Gasteiger partial charge in [0.15, 0.2) is 5.75 Å². The number of amides is 1. The topological polar surface area (TPSA) is 60.3 Å². The third kappa shape index (κ3) is 5.23. The fraction of sp³-hybridized carbons (Fsp3) is 0.143. The molecule has 0 aliphatic heterocycles. The number of hydrogen-bond acceptors (Lipinski definition) is 4. The average Bonchev–Trinajstić information content (AvgIpc) is 2.69. The number of thioether (sulfide) groups is 1. The monoisotopic (exact) mass is 398 g/mol. The number of ether oxygens (including phenoxy) is 1. The molecule has 0 aliphatic carbocycles. The van der Waals surface area contributed by atoms with E-state index in [4.69, 9.17) is 4.74 Å². The molecule has 0 radical (unpaired) electrons. The first-order chi connectivity index (χ1) is 13.5. The molecule has 1 heterocycles. The van der Waals surface area contributed by atoms with Crippen molar-refractivity contribution in [2.45, 2.75) is 17.2 Å². The van der Waals surface area contributed by atoms with Crippen molar-refractivity contribution in [1.29, 1.82) is 0 Å². The highest BCUT2D eigenvalue weighted by molar-refractivity contribution is 7.98. The number of aromatic nitrogens is 1. The van der Waals surface area contributed by atoms with Gasteiger partial charge in [0.05, 0.1) is 13.3 Å². The zero-order valence-electron chi connectivity index (χ0n) is 15.2. The Bertz CT molecular complexity index is 1000. The minimum Gasteiger partial charge on any atom is -0.491 e. The van der Waals surface area contributed by atoms with Crippen molar-refractivity contribution in [2.75, 3.05) is 12.4 Å². The van der Waals surface area contributed by atoms with Crippen LogP contribution in [-0.2, 0) is 17.1 Å². The summed E-state index contributed by atoms with van der Waals surface area (Å²) in [7, 11) is 1.41. The molecule has 0 bridgehead atoms. The van der Waals surface area contributed by atoms with E-state index in [2.05, 4.69) is 5.32 Å². The second-order valence-corrected chi connectivity index (χ2v) is 7.03. The first-order valence-electron chi connectivity index (χ1n) is 8.56. The summed E-state index contributed by atoms with van der Waals surface area (Å²) in [6, 6.07) is 16.7. The first-order valence-corrected chi connectivity index (χ1v) is 9.54. The smallest absolute Gasteiger partial charge is 0.244 e. The van der Waals surface area contributed by atoms with Crippen molar-refractivity contribution in [3.05, 3.63) is 88.6 Å². The van der Waals surface area contributed by atoms with Crippen molar-refractivity contribution in [1.82, 2.24) is 4.57 Å². The van der Waals surface area contributed by atoms with Crippen LogP contribution in [0.15, 0.2) is 76.6 Å². The van der Waals surface area contributed by atoms with E-state index in [0.717, 1.165) is 4.90 Å². The number of anilines is 1. The van der Waals surface area contributed by atoms with Crippen LogP contribution in [0.2, 0.25) is 0 Å². The average molecular weight is 398 g/mol. The van der Waals surface area contributed by atoms with Gasteiger partial charge in [0.1, 0.15) is 12.4 Å². The second-order valence-electron chi connectivity index (χ2n) is 5.98. The van der Waals surface area contributed by atoms with Gasteiger partial charge < -0.3 is 14.6 Å². The van der Waals surface area contributed by atoms with Crippen LogP contribution in [0.1, 0.15) is 5.69 Å². The van der Waals surface area contributed by atoms with E-state index < -0.39 is 0 Å². The number of pyridine rings is 1. The van der Waals surface area contributed by atoms with Gasteiger partial charge in [0.2, 0.25) is 11.3 Å². The number of para-hydroxylation sites is 1. The molecular weight excluding hydrogens is 379 g/mol. The van der Waals surface area contributed by atoms with Crippen LogP contribution in [0.4, 0.5) is 10.1 Å². The highest BCUT2D eigenvalue weighted by Gasteiger charge is 2.11. The molecule has 0 saturated heterocycles. The maximum absolute atomic E-state index is 13.1. The second kappa shape index (κ2) is 9.23. The maximum atomic E-state index is 13.1. The predicted molar refractivity (Wildman–Crippen MR) is 108 cm³/mol. The number of rotatable bonds is 7. The largest absolute Gasteiger partial charge is 0.491 e. The highest BCUT2D eigenvalue weighted by atomic mass is 32.2. The van der Waals surface area contributed by atoms with Crippen LogP contribution in [0.5, 0.6) is 5.75 Å². The Balaban J connectivity index is 1.78. The molecular formula is C21H19FN2O3S.